The van der Waals surface area contributed by atoms with E-state index in [-0.39, 0.29) is 37.5 Å². The van der Waals surface area contributed by atoms with E-state index < -0.39 is 6.10 Å². The summed E-state index contributed by atoms with van der Waals surface area (Å²) in [6.07, 6.45) is 63.8. The minimum Gasteiger partial charge on any atom is -0.462 e. The van der Waals surface area contributed by atoms with Crippen molar-refractivity contribution in [3.8, 4) is 0 Å². The number of esters is 3. The van der Waals surface area contributed by atoms with E-state index in [1.807, 2.05) is 48.6 Å². The van der Waals surface area contributed by atoms with Gasteiger partial charge in [0.15, 0.2) is 6.10 Å². The second kappa shape index (κ2) is 49.0. The molecule has 0 saturated heterocycles. The predicted molar refractivity (Wildman–Crippen MR) is 260 cm³/mol. The molecular weight excluding hydrogens is 757 g/mol. The Morgan fingerprint density at radius 3 is 1.21 bits per heavy atom. The number of hydrogen-bond acceptors (Lipinski definition) is 6. The Balaban J connectivity index is 4.49. The maximum absolute atomic E-state index is 12.8. The third-order valence-corrected chi connectivity index (χ3v) is 10.2. The van der Waals surface area contributed by atoms with Crippen LogP contribution >= 0.6 is 0 Å². The van der Waals surface area contributed by atoms with Gasteiger partial charge in [0.25, 0.3) is 0 Å². The van der Waals surface area contributed by atoms with E-state index in [4.69, 9.17) is 14.2 Å². The molecule has 0 aliphatic carbocycles. The number of allylic oxidation sites excluding steroid dienone is 16. The summed E-state index contributed by atoms with van der Waals surface area (Å²) in [4.78, 5) is 37.9. The van der Waals surface area contributed by atoms with Crippen molar-refractivity contribution in [3.63, 3.8) is 0 Å². The normalized spacial score (nSPS) is 12.9. The average Bonchev–Trinajstić information content (AvgIpc) is 3.26. The first-order valence-electron chi connectivity index (χ1n) is 24.8. The highest BCUT2D eigenvalue weighted by Gasteiger charge is 2.19. The van der Waals surface area contributed by atoms with Crippen molar-refractivity contribution >= 4 is 17.9 Å². The summed E-state index contributed by atoms with van der Waals surface area (Å²) in [6.45, 7) is 6.32. The SMILES string of the molecule is CC\C=C/C=C\C=C/C=C\C=C/CCCCCC(=O)OC(COC(=O)CCCCCCCC/C=C\C/C=C\C/C=C\CC)COC(=O)CCCCCCCCCCCCCC. The molecule has 0 aromatic heterocycles. The minimum absolute atomic E-state index is 0.0989. The molecule has 0 amide bonds. The van der Waals surface area contributed by atoms with Crippen LogP contribution in [0.2, 0.25) is 0 Å². The Hall–Kier alpha value is -3.67. The van der Waals surface area contributed by atoms with Gasteiger partial charge in [-0.2, -0.15) is 0 Å². The lowest BCUT2D eigenvalue weighted by atomic mass is 10.0. The summed E-state index contributed by atoms with van der Waals surface area (Å²) < 4.78 is 16.7. The molecule has 1 atom stereocenters. The first-order chi connectivity index (χ1) is 30.0. The molecule has 0 saturated carbocycles. The van der Waals surface area contributed by atoms with E-state index in [1.165, 1.54) is 70.6 Å². The lowest BCUT2D eigenvalue weighted by Crippen LogP contribution is -2.30. The van der Waals surface area contributed by atoms with E-state index in [0.717, 1.165) is 96.3 Å². The smallest absolute Gasteiger partial charge is 0.306 e. The molecular formula is C55H90O6. The molecule has 0 aromatic rings. The topological polar surface area (TPSA) is 78.9 Å². The zero-order chi connectivity index (χ0) is 44.4. The van der Waals surface area contributed by atoms with Crippen LogP contribution in [0.5, 0.6) is 0 Å². The number of ether oxygens (including phenoxy) is 3. The molecule has 0 heterocycles. The monoisotopic (exact) mass is 847 g/mol. The summed E-state index contributed by atoms with van der Waals surface area (Å²) in [6, 6.07) is 0. The van der Waals surface area contributed by atoms with Crippen molar-refractivity contribution < 1.29 is 28.6 Å². The highest BCUT2D eigenvalue weighted by Crippen LogP contribution is 2.14. The van der Waals surface area contributed by atoms with Crippen molar-refractivity contribution in [1.29, 1.82) is 0 Å². The van der Waals surface area contributed by atoms with Gasteiger partial charge in [0, 0.05) is 19.3 Å². The summed E-state index contributed by atoms with van der Waals surface area (Å²) in [7, 11) is 0. The van der Waals surface area contributed by atoms with E-state index in [9.17, 15) is 14.4 Å². The standard InChI is InChI=1S/C55H90O6/c1-4-7-10-13-16-19-22-25-27-29-30-33-36-39-42-45-48-54(57)60-51-52(50-59-53(56)47-44-41-38-35-32-24-21-18-15-12-9-6-3)61-55(58)49-46-43-40-37-34-31-28-26-23-20-17-14-11-8-5-2/h7-8,10-11,14,16-17,19-20,23,25-28,31,34,52H,4-6,9,12-13,15,18,21-22,24,29-30,32-33,35-51H2,1-3H3/b10-7-,11-8-,17-14-,19-16-,23-20-,27-25-,28-26-,34-31-. The molecule has 0 radical (unpaired) electrons. The zero-order valence-corrected chi connectivity index (χ0v) is 39.4. The van der Waals surface area contributed by atoms with Gasteiger partial charge >= 0.3 is 17.9 Å². The lowest BCUT2D eigenvalue weighted by molar-refractivity contribution is -0.167. The number of hydrogen-bond donors (Lipinski definition) is 0. The Morgan fingerprint density at radius 2 is 0.721 bits per heavy atom. The van der Waals surface area contributed by atoms with Crippen molar-refractivity contribution in [2.24, 2.45) is 0 Å². The average molecular weight is 847 g/mol. The predicted octanol–water partition coefficient (Wildman–Crippen LogP) is 16.2. The summed E-state index contributed by atoms with van der Waals surface area (Å²) in [5, 5.41) is 0. The maximum atomic E-state index is 12.8. The molecule has 6 nitrogen and oxygen atoms in total. The van der Waals surface area contributed by atoms with Crippen LogP contribution in [0.25, 0.3) is 0 Å². The van der Waals surface area contributed by atoms with Gasteiger partial charge in [0.05, 0.1) is 0 Å². The minimum atomic E-state index is -0.803. The molecule has 0 aromatic carbocycles. The van der Waals surface area contributed by atoms with Crippen molar-refractivity contribution in [2.45, 2.75) is 219 Å². The van der Waals surface area contributed by atoms with E-state index >= 15 is 0 Å². The van der Waals surface area contributed by atoms with Crippen molar-refractivity contribution in [3.05, 3.63) is 97.2 Å². The molecule has 0 spiro atoms. The fourth-order valence-corrected chi connectivity index (χ4v) is 6.54. The number of rotatable bonds is 43. The Bertz CT molecular complexity index is 1250. The van der Waals surface area contributed by atoms with Crippen LogP contribution in [0.15, 0.2) is 97.2 Å². The quantitative estimate of drug-likeness (QED) is 0.0200. The molecule has 0 aliphatic rings. The van der Waals surface area contributed by atoms with Gasteiger partial charge in [-0.25, -0.2) is 0 Å². The van der Waals surface area contributed by atoms with Crippen LogP contribution in [0, 0.1) is 0 Å². The van der Waals surface area contributed by atoms with Crippen LogP contribution in [0.4, 0.5) is 0 Å². The number of carbonyl (C=O) groups excluding carboxylic acids is 3. The van der Waals surface area contributed by atoms with Crippen LogP contribution in [0.3, 0.4) is 0 Å². The third-order valence-electron chi connectivity index (χ3n) is 10.2. The van der Waals surface area contributed by atoms with Gasteiger partial charge < -0.3 is 14.2 Å². The Kier molecular flexibility index (Phi) is 46.0. The fraction of sp³-hybridized carbons (Fsp3) is 0.655. The molecule has 0 rings (SSSR count). The second-order valence-corrected chi connectivity index (χ2v) is 16.1. The Morgan fingerprint density at radius 1 is 0.361 bits per heavy atom. The lowest BCUT2D eigenvalue weighted by Gasteiger charge is -2.18. The summed E-state index contributed by atoms with van der Waals surface area (Å²) in [5.74, 6) is -0.959. The van der Waals surface area contributed by atoms with Gasteiger partial charge in [-0.05, 0) is 70.6 Å². The first-order valence-corrected chi connectivity index (χ1v) is 24.8. The first kappa shape index (κ1) is 57.3. The molecule has 6 heteroatoms. The van der Waals surface area contributed by atoms with Crippen LogP contribution in [0.1, 0.15) is 213 Å². The molecule has 0 fully saturated rings. The van der Waals surface area contributed by atoms with E-state index in [2.05, 4.69) is 69.4 Å². The van der Waals surface area contributed by atoms with Gasteiger partial charge in [-0.3, -0.25) is 14.4 Å². The molecule has 0 aliphatic heterocycles. The maximum Gasteiger partial charge on any atom is 0.306 e. The van der Waals surface area contributed by atoms with Crippen molar-refractivity contribution in [1.82, 2.24) is 0 Å². The van der Waals surface area contributed by atoms with Gasteiger partial charge in [0.1, 0.15) is 13.2 Å². The molecule has 1 unspecified atom stereocenters. The summed E-state index contributed by atoms with van der Waals surface area (Å²) >= 11 is 0. The van der Waals surface area contributed by atoms with Gasteiger partial charge in [-0.15, -0.1) is 0 Å². The highest BCUT2D eigenvalue weighted by molar-refractivity contribution is 5.71. The zero-order valence-electron chi connectivity index (χ0n) is 39.4. The third kappa shape index (κ3) is 47.2. The van der Waals surface area contributed by atoms with E-state index in [1.54, 1.807) is 0 Å². The van der Waals surface area contributed by atoms with Gasteiger partial charge in [0.2, 0.25) is 0 Å². The van der Waals surface area contributed by atoms with Gasteiger partial charge in [-0.1, -0.05) is 221 Å². The molecule has 346 valence electrons. The fourth-order valence-electron chi connectivity index (χ4n) is 6.54. The Labute approximate surface area is 375 Å². The number of carbonyl (C=O) groups is 3. The van der Waals surface area contributed by atoms with E-state index in [0.29, 0.717) is 19.3 Å². The summed E-state index contributed by atoms with van der Waals surface area (Å²) in [5.41, 5.74) is 0. The second-order valence-electron chi connectivity index (χ2n) is 16.1. The van der Waals surface area contributed by atoms with Crippen molar-refractivity contribution in [2.75, 3.05) is 13.2 Å². The van der Waals surface area contributed by atoms with Crippen LogP contribution in [-0.2, 0) is 28.6 Å². The molecule has 61 heavy (non-hydrogen) atoms. The molecule has 0 bridgehead atoms. The number of unbranched alkanes of at least 4 members (excludes halogenated alkanes) is 20. The largest absolute Gasteiger partial charge is 0.462 e. The molecule has 0 N–H and O–H groups in total. The van der Waals surface area contributed by atoms with Crippen LogP contribution in [-0.4, -0.2) is 37.2 Å². The highest BCUT2D eigenvalue weighted by atomic mass is 16.6. The van der Waals surface area contributed by atoms with Crippen LogP contribution < -0.4 is 0 Å².